The molecule has 3 aromatic rings. The van der Waals surface area contributed by atoms with Crippen LogP contribution in [0, 0.1) is 0 Å². The summed E-state index contributed by atoms with van der Waals surface area (Å²) in [5.74, 6) is 1.53. The molecule has 4 rings (SSSR count). The van der Waals surface area contributed by atoms with E-state index in [9.17, 15) is 4.79 Å². The van der Waals surface area contributed by atoms with Crippen LogP contribution in [0.15, 0.2) is 77.3 Å². The first-order chi connectivity index (χ1) is 12.7. The number of rotatable bonds is 4. The van der Waals surface area contributed by atoms with Gasteiger partial charge in [-0.05, 0) is 41.5 Å². The molecule has 3 aromatic carbocycles. The fraction of sp³-hybridized carbons (Fsp3) is 0.136. The molecule has 0 aromatic heterocycles. The standard InChI is InChI=1S/C22H17BrO3/c23-17-8-11-21-19(12-17)20(24)13-22(26-21)16-6-9-18(10-7-16)25-14-15-4-2-1-3-5-15/h1-12,22H,13-14H2. The van der Waals surface area contributed by atoms with Gasteiger partial charge in [-0.25, -0.2) is 0 Å². The fourth-order valence-electron chi connectivity index (χ4n) is 3.00. The molecule has 1 aliphatic rings. The van der Waals surface area contributed by atoms with Crippen LogP contribution in [-0.4, -0.2) is 5.78 Å². The van der Waals surface area contributed by atoms with E-state index >= 15 is 0 Å². The van der Waals surface area contributed by atoms with E-state index in [0.717, 1.165) is 21.3 Å². The lowest BCUT2D eigenvalue weighted by atomic mass is 9.96. The van der Waals surface area contributed by atoms with E-state index < -0.39 is 0 Å². The van der Waals surface area contributed by atoms with E-state index in [-0.39, 0.29) is 11.9 Å². The summed E-state index contributed by atoms with van der Waals surface area (Å²) >= 11 is 3.40. The Balaban J connectivity index is 1.45. The lowest BCUT2D eigenvalue weighted by Gasteiger charge is -2.25. The van der Waals surface area contributed by atoms with Crippen LogP contribution in [0.2, 0.25) is 0 Å². The first kappa shape index (κ1) is 16.9. The van der Waals surface area contributed by atoms with Gasteiger partial charge in [-0.1, -0.05) is 58.4 Å². The Kier molecular flexibility index (Phi) is 4.76. The van der Waals surface area contributed by atoms with Crippen molar-refractivity contribution >= 4 is 21.7 Å². The van der Waals surface area contributed by atoms with Gasteiger partial charge in [0.2, 0.25) is 0 Å². The highest BCUT2D eigenvalue weighted by atomic mass is 79.9. The number of halogens is 1. The van der Waals surface area contributed by atoms with Gasteiger partial charge in [-0.3, -0.25) is 4.79 Å². The normalized spacial score (nSPS) is 15.9. The Morgan fingerprint density at radius 2 is 1.77 bits per heavy atom. The van der Waals surface area contributed by atoms with Crippen molar-refractivity contribution in [3.63, 3.8) is 0 Å². The molecule has 0 spiro atoms. The molecule has 0 aliphatic carbocycles. The van der Waals surface area contributed by atoms with Crippen LogP contribution in [0.1, 0.15) is 34.0 Å². The van der Waals surface area contributed by atoms with Gasteiger partial charge >= 0.3 is 0 Å². The highest BCUT2D eigenvalue weighted by Gasteiger charge is 2.27. The molecule has 1 heterocycles. The van der Waals surface area contributed by atoms with Gasteiger partial charge in [0, 0.05) is 4.47 Å². The van der Waals surface area contributed by atoms with Crippen LogP contribution in [0.5, 0.6) is 11.5 Å². The third kappa shape index (κ3) is 3.65. The Hall–Kier alpha value is -2.59. The number of ketones is 1. The number of fused-ring (bicyclic) bond motifs is 1. The second kappa shape index (κ2) is 7.34. The summed E-state index contributed by atoms with van der Waals surface area (Å²) in [5.41, 5.74) is 2.73. The average molecular weight is 409 g/mol. The maximum Gasteiger partial charge on any atom is 0.170 e. The molecule has 1 aliphatic heterocycles. The van der Waals surface area contributed by atoms with Crippen LogP contribution < -0.4 is 9.47 Å². The highest BCUT2D eigenvalue weighted by Crippen LogP contribution is 2.36. The highest BCUT2D eigenvalue weighted by molar-refractivity contribution is 9.10. The Morgan fingerprint density at radius 3 is 2.54 bits per heavy atom. The SMILES string of the molecule is O=C1CC(c2ccc(OCc3ccccc3)cc2)Oc2ccc(Br)cc21. The largest absolute Gasteiger partial charge is 0.489 e. The first-order valence-corrected chi connectivity index (χ1v) is 9.24. The third-order valence-corrected chi connectivity index (χ3v) is 4.88. The molecule has 0 saturated heterocycles. The lowest BCUT2D eigenvalue weighted by molar-refractivity contribution is 0.0850. The van der Waals surface area contributed by atoms with Crippen LogP contribution >= 0.6 is 15.9 Å². The molecule has 3 nitrogen and oxygen atoms in total. The van der Waals surface area contributed by atoms with Gasteiger partial charge < -0.3 is 9.47 Å². The molecular formula is C22H17BrO3. The molecule has 0 fully saturated rings. The number of ether oxygens (including phenoxy) is 2. The molecule has 26 heavy (non-hydrogen) atoms. The number of hydrogen-bond donors (Lipinski definition) is 0. The molecular weight excluding hydrogens is 392 g/mol. The summed E-state index contributed by atoms with van der Waals surface area (Å²) < 4.78 is 12.7. The summed E-state index contributed by atoms with van der Waals surface area (Å²) in [6, 6.07) is 23.3. The van der Waals surface area contributed by atoms with Crippen molar-refractivity contribution in [2.45, 2.75) is 19.1 Å². The van der Waals surface area contributed by atoms with E-state index in [1.54, 1.807) is 0 Å². The number of benzene rings is 3. The summed E-state index contributed by atoms with van der Waals surface area (Å²) in [7, 11) is 0. The molecule has 0 amide bonds. The van der Waals surface area contributed by atoms with Crippen molar-refractivity contribution in [3.05, 3.63) is 94.0 Å². The van der Waals surface area contributed by atoms with Crippen molar-refractivity contribution in [2.75, 3.05) is 0 Å². The van der Waals surface area contributed by atoms with E-state index in [4.69, 9.17) is 9.47 Å². The van der Waals surface area contributed by atoms with Gasteiger partial charge in [0.05, 0.1) is 12.0 Å². The second-order valence-electron chi connectivity index (χ2n) is 6.22. The number of carbonyl (C=O) groups is 1. The van der Waals surface area contributed by atoms with Crippen molar-refractivity contribution < 1.29 is 14.3 Å². The van der Waals surface area contributed by atoms with Gasteiger partial charge in [-0.15, -0.1) is 0 Å². The first-order valence-electron chi connectivity index (χ1n) is 8.45. The predicted octanol–water partition coefficient (Wildman–Crippen LogP) is 5.73. The average Bonchev–Trinajstić information content (AvgIpc) is 2.68. The number of hydrogen-bond acceptors (Lipinski definition) is 3. The molecule has 0 saturated carbocycles. The van der Waals surface area contributed by atoms with Crippen molar-refractivity contribution in [1.82, 2.24) is 0 Å². The van der Waals surface area contributed by atoms with Crippen LogP contribution in [0.25, 0.3) is 0 Å². The molecule has 0 bridgehead atoms. The van der Waals surface area contributed by atoms with Crippen molar-refractivity contribution in [1.29, 1.82) is 0 Å². The number of Topliss-reactive ketones (excluding diaryl/α,β-unsaturated/α-hetero) is 1. The predicted molar refractivity (Wildman–Crippen MR) is 104 cm³/mol. The zero-order valence-electron chi connectivity index (χ0n) is 14.0. The minimum absolute atomic E-state index is 0.0990. The van der Waals surface area contributed by atoms with Crippen LogP contribution in [0.3, 0.4) is 0 Å². The minimum atomic E-state index is -0.264. The van der Waals surface area contributed by atoms with Gasteiger partial charge in [0.1, 0.15) is 24.2 Å². The zero-order valence-corrected chi connectivity index (χ0v) is 15.6. The van der Waals surface area contributed by atoms with Crippen molar-refractivity contribution in [3.8, 4) is 11.5 Å². The zero-order chi connectivity index (χ0) is 17.9. The summed E-state index contributed by atoms with van der Waals surface area (Å²) in [6.07, 6.45) is 0.0765. The van der Waals surface area contributed by atoms with Gasteiger partial charge in [0.25, 0.3) is 0 Å². The second-order valence-corrected chi connectivity index (χ2v) is 7.13. The molecule has 0 radical (unpaired) electrons. The van der Waals surface area contributed by atoms with Gasteiger partial charge in [0.15, 0.2) is 5.78 Å². The molecule has 4 heteroatoms. The number of carbonyl (C=O) groups excluding carboxylic acids is 1. The molecule has 1 unspecified atom stereocenters. The quantitative estimate of drug-likeness (QED) is 0.552. The Bertz CT molecular complexity index is 920. The molecule has 0 N–H and O–H groups in total. The van der Waals surface area contributed by atoms with E-state index in [1.807, 2.05) is 72.8 Å². The van der Waals surface area contributed by atoms with E-state index in [2.05, 4.69) is 15.9 Å². The summed E-state index contributed by atoms with van der Waals surface area (Å²) in [6.45, 7) is 0.529. The summed E-state index contributed by atoms with van der Waals surface area (Å²) in [5, 5.41) is 0. The fourth-order valence-corrected chi connectivity index (χ4v) is 3.36. The van der Waals surface area contributed by atoms with E-state index in [0.29, 0.717) is 24.3 Å². The Morgan fingerprint density at radius 1 is 1.00 bits per heavy atom. The Labute approximate surface area is 160 Å². The van der Waals surface area contributed by atoms with Crippen LogP contribution in [-0.2, 0) is 6.61 Å². The summed E-state index contributed by atoms with van der Waals surface area (Å²) in [4.78, 5) is 12.4. The molecule has 1 atom stereocenters. The lowest BCUT2D eigenvalue weighted by Crippen LogP contribution is -2.20. The molecule has 130 valence electrons. The van der Waals surface area contributed by atoms with Gasteiger partial charge in [-0.2, -0.15) is 0 Å². The third-order valence-electron chi connectivity index (χ3n) is 4.38. The monoisotopic (exact) mass is 408 g/mol. The minimum Gasteiger partial charge on any atom is -0.489 e. The topological polar surface area (TPSA) is 35.5 Å². The van der Waals surface area contributed by atoms with Crippen molar-refractivity contribution in [2.24, 2.45) is 0 Å². The maximum absolute atomic E-state index is 12.4. The van der Waals surface area contributed by atoms with Crippen LogP contribution in [0.4, 0.5) is 0 Å². The maximum atomic E-state index is 12.4. The smallest absolute Gasteiger partial charge is 0.170 e. The van der Waals surface area contributed by atoms with E-state index in [1.165, 1.54) is 0 Å².